The number of hydrogen-bond acceptors (Lipinski definition) is 23. The number of amides is 17. The van der Waals surface area contributed by atoms with Gasteiger partial charge in [0.25, 0.3) is 0 Å². The number of aromatic amines is 1. The van der Waals surface area contributed by atoms with Crippen molar-refractivity contribution in [3.63, 3.8) is 0 Å². The number of nitrogens with one attached hydrogen (secondary N) is 10. The van der Waals surface area contributed by atoms with Crippen LogP contribution in [-0.2, 0) is 112 Å². The van der Waals surface area contributed by atoms with Crippen molar-refractivity contribution in [3.05, 3.63) is 102 Å². The first-order valence-electron chi connectivity index (χ1n) is 45.7. The highest BCUT2D eigenvalue weighted by Crippen LogP contribution is 2.30. The fourth-order valence-corrected chi connectivity index (χ4v) is 18.0. The summed E-state index contributed by atoms with van der Waals surface area (Å²) in [5.74, 6) is -19.4. The predicted molar refractivity (Wildman–Crippen MR) is 499 cm³/mol. The van der Waals surface area contributed by atoms with Gasteiger partial charge in [-0.2, -0.15) is 0 Å². The number of carbonyl (C=O) groups excluding carboxylic acids is 17. The normalized spacial score (nSPS) is 22.1. The van der Waals surface area contributed by atoms with Crippen LogP contribution in [0.2, 0.25) is 0 Å². The van der Waals surface area contributed by atoms with Crippen LogP contribution in [0.3, 0.4) is 0 Å². The van der Waals surface area contributed by atoms with E-state index in [0.717, 1.165) is 36.3 Å². The van der Waals surface area contributed by atoms with E-state index in [-0.39, 0.29) is 99.0 Å². The molecular weight excluding hydrogens is 1770 g/mol. The highest BCUT2D eigenvalue weighted by atomic mass is 32.2. The summed E-state index contributed by atoms with van der Waals surface area (Å²) >= 11 is 0.913. The first-order valence-corrected chi connectivity index (χ1v) is 46.9. The summed E-state index contributed by atoms with van der Waals surface area (Å²) in [6.45, 7) is 9.73. The minimum absolute atomic E-state index is 0.00569. The molecule has 0 spiro atoms. The van der Waals surface area contributed by atoms with Crippen LogP contribution >= 0.6 is 11.8 Å². The fraction of sp³-hybridized carbons (Fsp3) is 0.565. The van der Waals surface area contributed by atoms with Gasteiger partial charge < -0.3 is 126 Å². The largest absolute Gasteiger partial charge is 0.508 e. The summed E-state index contributed by atoms with van der Waals surface area (Å²) in [5.41, 5.74) is 32.0. The van der Waals surface area contributed by atoms with Gasteiger partial charge in [-0.3, -0.25) is 86.3 Å². The lowest BCUT2D eigenvalue weighted by Crippen LogP contribution is -2.62. The molecule has 5 heterocycles. The number of benzene rings is 3. The number of phenolic OH excluding ortho intramolecular Hbond substituents is 1. The number of aliphatic hydroxyl groups is 1. The lowest BCUT2D eigenvalue weighted by Gasteiger charge is -2.36. The molecule has 5 aromatic rings. The van der Waals surface area contributed by atoms with Gasteiger partial charge in [0.15, 0.2) is 0 Å². The number of fused-ring (bicyclic) bond motifs is 4. The predicted octanol–water partition coefficient (Wildman–Crippen LogP) is -1.86. The number of aromatic nitrogens is 2. The number of aliphatic hydroxyl groups excluding tert-OH is 1. The van der Waals surface area contributed by atoms with Crippen LogP contribution in [0.15, 0.2) is 85.2 Å². The Morgan fingerprint density at radius 2 is 1.22 bits per heavy atom. The standard InChI is InChI=1S/C92H133N21O21S/c1-11-13-23-71(85(127)101-63(34-49(3)4)82(124)107-69(47-135-48-77(97)118)80(122)99-43-76(96)117)109(9)92(134)73(24-14-12-2)110(10)89(131)66(38-54-44-111(46-78(119)120)70-25-18-16-21-58(54)70)105-81(123)62-32-31-60(94)59(36-52-27-29-55(114)30-28-52)88(130)108(8)51(7)79(121)103-67(40-75(95)116)90(132)112-33-19-26-72(112)86(128)106-68(41-93)84(126)104-65(35-50(5)6)91(133)113-45-56(115)39-74(113)87(129)102-64(83(125)100-62)37-53-42-98-61-22-17-15-20-57(53)61/h15-18,20-22,25,27-30,42,44,49-51,56,59-60,62-69,71-74,98,114-115H,11-14,19,23-24,26,31-41,43,45-48,93-94H2,1-10H3,(H2,95,116)(H2,96,117)(H2,97,118)(H,99,122)(H,100,125)(H,101,127)(H,102,129)(H,103,121)(H,104,126)(H,105,123)(H,106,128)(H,107,124)(H,119,120)/t51-,56+,59+,60?,62-,63-,64-,65-,66-,67-,68-,69-,71-,72-,73-,74-/m0/s1. The first-order chi connectivity index (χ1) is 63.9. The van der Waals surface area contributed by atoms with Crippen LogP contribution in [0.1, 0.15) is 155 Å². The molecule has 17 amide bonds. The third kappa shape index (κ3) is 29.9. The molecule has 0 aliphatic carbocycles. The molecule has 42 nitrogen and oxygen atoms in total. The second kappa shape index (κ2) is 50.5. The minimum Gasteiger partial charge on any atom is -0.508 e. The molecule has 8 rings (SSSR count). The second-order valence-electron chi connectivity index (χ2n) is 35.9. The molecule has 0 bridgehead atoms. The number of carbonyl (C=O) groups is 18. The van der Waals surface area contributed by atoms with Crippen molar-refractivity contribution in [2.24, 2.45) is 46.4 Å². The van der Waals surface area contributed by atoms with Gasteiger partial charge in [0.05, 0.1) is 30.7 Å². The van der Waals surface area contributed by atoms with Gasteiger partial charge in [-0.15, -0.1) is 11.8 Å². The molecule has 3 aliphatic rings. The number of para-hydroxylation sites is 2. The SMILES string of the molecule is CCCC[C@@H](C(=O)N(C)[C@@H](CCCC)C(=O)N[C@@H](CC(C)C)C(=O)N[C@@H](CSCC(N)=O)C(=O)NCC(N)=O)N(C)C(=O)[C@H](Cc1cn(CC(=O)O)c2ccccc12)NC(=O)[C@@H]1CCC(N)[C@@H](Cc2ccc(O)cc2)C(=O)N(C)[C@@H](C)C(=O)N[C@@H](CC(N)=O)C(=O)N2CCC[C@H]2C(=O)N[C@@H](CN)C(=O)N[C@@H](CC(C)C)C(=O)N2C[C@H](O)C[C@H]2C(=O)N[C@@H](Cc2c[nH]c3ccccc23)C(=O)N1. The number of likely N-dealkylation sites (N-methyl/N-ethyl adjacent to an activating group) is 3. The van der Waals surface area contributed by atoms with E-state index in [0.29, 0.717) is 52.2 Å². The number of nitrogens with two attached hydrogens (primary N) is 5. The maximum atomic E-state index is 16.5. The van der Waals surface area contributed by atoms with Crippen LogP contribution in [0.4, 0.5) is 0 Å². The van der Waals surface area contributed by atoms with E-state index >= 15 is 38.4 Å². The monoisotopic (exact) mass is 1900 g/mol. The van der Waals surface area contributed by atoms with Crippen molar-refractivity contribution in [3.8, 4) is 5.75 Å². The lowest BCUT2D eigenvalue weighted by atomic mass is 9.87. The number of aromatic hydroxyl groups is 1. The number of carboxylic acid groups (broad SMARTS) is 1. The molecule has 0 saturated carbocycles. The lowest BCUT2D eigenvalue weighted by molar-refractivity contribution is -0.149. The van der Waals surface area contributed by atoms with E-state index in [9.17, 15) is 63.3 Å². The Morgan fingerprint density at radius 3 is 1.86 bits per heavy atom. The molecule has 738 valence electrons. The number of thioether (sulfide) groups is 1. The molecule has 16 atom stereocenters. The van der Waals surface area contributed by atoms with Crippen molar-refractivity contribution in [1.82, 2.24) is 81.9 Å². The average molecular weight is 1900 g/mol. The maximum absolute atomic E-state index is 16.5. The molecule has 3 fully saturated rings. The van der Waals surface area contributed by atoms with E-state index in [2.05, 4.69) is 52.8 Å². The number of aliphatic carboxylic acids is 1. The molecule has 2 aromatic heterocycles. The highest BCUT2D eigenvalue weighted by Gasteiger charge is 2.47. The number of phenols is 1. The minimum atomic E-state index is -1.89. The van der Waals surface area contributed by atoms with E-state index in [1.54, 1.807) is 82.4 Å². The maximum Gasteiger partial charge on any atom is 0.323 e. The topological polar surface area (TPSA) is 643 Å². The number of rotatable bonds is 38. The number of primary amides is 3. The number of unbranched alkanes of at least 4 members (excludes halogenated alkanes) is 2. The molecule has 43 heteroatoms. The van der Waals surface area contributed by atoms with Gasteiger partial charge in [-0.1, -0.05) is 116 Å². The second-order valence-corrected chi connectivity index (χ2v) is 37.0. The average Bonchev–Trinajstić information content (AvgIpc) is 1.66. The van der Waals surface area contributed by atoms with Gasteiger partial charge in [0.1, 0.15) is 90.8 Å². The Hall–Kier alpha value is -12.8. The number of nitrogens with zero attached hydrogens (tertiary/aromatic N) is 6. The molecule has 135 heavy (non-hydrogen) atoms. The van der Waals surface area contributed by atoms with Crippen LogP contribution in [0, 0.1) is 17.8 Å². The Balaban J connectivity index is 1.27. The molecule has 3 saturated heterocycles. The molecular formula is C92H133N21O21S. The summed E-state index contributed by atoms with van der Waals surface area (Å²) in [7, 11) is 3.93. The summed E-state index contributed by atoms with van der Waals surface area (Å²) in [4.78, 5) is 270. The number of H-pyrrole nitrogens is 1. The summed E-state index contributed by atoms with van der Waals surface area (Å²) in [6.07, 6.45) is 0.112. The third-order valence-corrected chi connectivity index (χ3v) is 25.7. The van der Waals surface area contributed by atoms with Crippen molar-refractivity contribution < 1.29 is 102 Å². The fourth-order valence-electron chi connectivity index (χ4n) is 17.2. The quantitative estimate of drug-likeness (QED) is 0.0206. The molecule has 3 aliphatic heterocycles. The van der Waals surface area contributed by atoms with Gasteiger partial charge >= 0.3 is 5.97 Å². The van der Waals surface area contributed by atoms with Crippen LogP contribution in [0.25, 0.3) is 21.8 Å². The zero-order chi connectivity index (χ0) is 99.5. The van der Waals surface area contributed by atoms with Gasteiger partial charge in [0, 0.05) is 106 Å². The van der Waals surface area contributed by atoms with Gasteiger partial charge in [-0.05, 0) is 118 Å². The van der Waals surface area contributed by atoms with E-state index in [1.807, 2.05) is 13.8 Å². The molecule has 0 radical (unpaired) electrons. The smallest absolute Gasteiger partial charge is 0.323 e. The zero-order valence-electron chi connectivity index (χ0n) is 78.1. The highest BCUT2D eigenvalue weighted by molar-refractivity contribution is 8.00. The van der Waals surface area contributed by atoms with Crippen LogP contribution in [-0.4, -0.2) is 305 Å². The molecule has 23 N–H and O–H groups in total. The Labute approximate surface area is 787 Å². The zero-order valence-corrected chi connectivity index (χ0v) is 78.9. The Kier molecular flexibility index (Phi) is 40.3. The van der Waals surface area contributed by atoms with Gasteiger partial charge in [0.2, 0.25) is 100 Å². The van der Waals surface area contributed by atoms with E-state index in [4.69, 9.17) is 28.7 Å². The van der Waals surface area contributed by atoms with Crippen molar-refractivity contribution in [1.29, 1.82) is 0 Å². The van der Waals surface area contributed by atoms with E-state index < -0.39 is 261 Å². The van der Waals surface area contributed by atoms with Crippen molar-refractivity contribution in [2.75, 3.05) is 58.8 Å². The molecule has 3 aromatic carbocycles. The first kappa shape index (κ1) is 108. The Bertz CT molecular complexity index is 5090. The number of hydrogen-bond donors (Lipinski definition) is 18. The Morgan fingerprint density at radius 1 is 0.615 bits per heavy atom. The van der Waals surface area contributed by atoms with Crippen LogP contribution < -0.4 is 76.5 Å². The van der Waals surface area contributed by atoms with Gasteiger partial charge in [-0.25, -0.2) is 0 Å². The summed E-state index contributed by atoms with van der Waals surface area (Å²) in [6, 6.07) is -2.31. The molecule has 1 unspecified atom stereocenters. The van der Waals surface area contributed by atoms with Crippen LogP contribution in [0.5, 0.6) is 5.75 Å². The van der Waals surface area contributed by atoms with Crippen molar-refractivity contribution in [2.45, 2.75) is 255 Å². The van der Waals surface area contributed by atoms with E-state index in [1.165, 1.54) is 63.1 Å². The summed E-state index contributed by atoms with van der Waals surface area (Å²) in [5, 5.41) is 57.4. The third-order valence-electron chi connectivity index (χ3n) is 24.6. The van der Waals surface area contributed by atoms with Crippen molar-refractivity contribution >= 4 is 140 Å². The summed E-state index contributed by atoms with van der Waals surface area (Å²) < 4.78 is 1.41. The number of carboxylic acids is 1.